The number of carbonyl (C=O) groups excluding carboxylic acids is 1. The number of anilines is 1. The lowest BCUT2D eigenvalue weighted by atomic mass is 9.97. The van der Waals surface area contributed by atoms with E-state index in [0.717, 1.165) is 36.3 Å². The fourth-order valence-corrected chi connectivity index (χ4v) is 4.07. The van der Waals surface area contributed by atoms with Crippen LogP contribution >= 0.6 is 24.0 Å². The first-order valence-electron chi connectivity index (χ1n) is 9.60. The van der Waals surface area contributed by atoms with Crippen molar-refractivity contribution in [3.63, 3.8) is 0 Å². The first-order chi connectivity index (χ1) is 14.1. The van der Waals surface area contributed by atoms with Gasteiger partial charge in [-0.3, -0.25) is 4.79 Å². The van der Waals surface area contributed by atoms with Crippen LogP contribution in [0.25, 0.3) is 11.1 Å². The van der Waals surface area contributed by atoms with Gasteiger partial charge in [0, 0.05) is 29.4 Å². The molecule has 1 heterocycles. The second kappa shape index (κ2) is 9.52. The fourth-order valence-electron chi connectivity index (χ4n) is 3.80. The summed E-state index contributed by atoms with van der Waals surface area (Å²) in [6.45, 7) is 1.86. The summed E-state index contributed by atoms with van der Waals surface area (Å²) < 4.78 is 5.52. The molecule has 1 aliphatic rings. The molecule has 0 aliphatic carbocycles. The third-order valence-electron chi connectivity index (χ3n) is 5.32. The number of fused-ring (bicyclic) bond motifs is 1. The fraction of sp³-hybridized carbons (Fsp3) is 0.208. The Balaban J connectivity index is 0.00000256. The zero-order valence-corrected chi connectivity index (χ0v) is 18.5. The first-order valence-corrected chi connectivity index (χ1v) is 9.98. The summed E-state index contributed by atoms with van der Waals surface area (Å²) in [6.07, 6.45) is 0.910. The van der Waals surface area contributed by atoms with E-state index >= 15 is 0 Å². The lowest BCUT2D eigenvalue weighted by molar-refractivity contribution is 0.102. The number of amides is 1. The predicted molar refractivity (Wildman–Crippen MR) is 125 cm³/mol. The monoisotopic (exact) mass is 442 g/mol. The summed E-state index contributed by atoms with van der Waals surface area (Å²) in [5, 5.41) is 3.58. The number of nitrogens with zero attached hydrogens (tertiary/aromatic N) is 1. The van der Waals surface area contributed by atoms with Crippen molar-refractivity contribution in [2.75, 3.05) is 26.0 Å². The van der Waals surface area contributed by atoms with E-state index < -0.39 is 0 Å². The van der Waals surface area contributed by atoms with Crippen LogP contribution in [0.15, 0.2) is 60.7 Å². The van der Waals surface area contributed by atoms with Gasteiger partial charge in [-0.2, -0.15) is 0 Å². The standard InChI is InChI=1S/C24H23ClN2O2.ClH/c1-27-12-11-18-17(15-27)9-6-10-22(18)26-24(28)20-13-21(25)19(14-23(20)29-2)16-7-4-3-5-8-16;/h3-10,13-14H,11-12,15H2,1-2H3,(H,26,28);1H. The average Bonchev–Trinajstić information content (AvgIpc) is 2.74. The summed E-state index contributed by atoms with van der Waals surface area (Å²) in [7, 11) is 3.67. The Morgan fingerprint density at radius 3 is 2.60 bits per heavy atom. The number of likely N-dealkylation sites (N-methyl/N-ethyl adjacent to an activating group) is 1. The second-order valence-corrected chi connectivity index (χ2v) is 7.69. The molecule has 3 aromatic carbocycles. The van der Waals surface area contributed by atoms with Gasteiger partial charge in [0.05, 0.1) is 12.7 Å². The van der Waals surface area contributed by atoms with E-state index in [1.165, 1.54) is 11.1 Å². The molecule has 0 saturated carbocycles. The van der Waals surface area contributed by atoms with Crippen molar-refractivity contribution in [2.45, 2.75) is 13.0 Å². The highest BCUT2D eigenvalue weighted by atomic mass is 35.5. The maximum Gasteiger partial charge on any atom is 0.259 e. The Kier molecular flexibility index (Phi) is 7.03. The van der Waals surface area contributed by atoms with E-state index in [1.807, 2.05) is 48.5 Å². The van der Waals surface area contributed by atoms with E-state index in [9.17, 15) is 4.79 Å². The van der Waals surface area contributed by atoms with Crippen molar-refractivity contribution in [3.8, 4) is 16.9 Å². The van der Waals surface area contributed by atoms with Crippen LogP contribution in [0.4, 0.5) is 5.69 Å². The van der Waals surface area contributed by atoms with Crippen LogP contribution < -0.4 is 10.1 Å². The molecule has 6 heteroatoms. The highest BCUT2D eigenvalue weighted by Gasteiger charge is 2.20. The maximum atomic E-state index is 13.1. The molecule has 4 nitrogen and oxygen atoms in total. The van der Waals surface area contributed by atoms with Crippen molar-refractivity contribution in [2.24, 2.45) is 0 Å². The third kappa shape index (κ3) is 4.46. The van der Waals surface area contributed by atoms with Gasteiger partial charge in [-0.15, -0.1) is 12.4 Å². The molecule has 1 amide bonds. The Morgan fingerprint density at radius 2 is 1.87 bits per heavy atom. The van der Waals surface area contributed by atoms with Crippen molar-refractivity contribution >= 4 is 35.6 Å². The van der Waals surface area contributed by atoms with Crippen LogP contribution in [0, 0.1) is 0 Å². The summed E-state index contributed by atoms with van der Waals surface area (Å²) >= 11 is 6.53. The third-order valence-corrected chi connectivity index (χ3v) is 5.64. The van der Waals surface area contributed by atoms with Gasteiger partial charge in [-0.25, -0.2) is 0 Å². The maximum absolute atomic E-state index is 13.1. The van der Waals surface area contributed by atoms with Crippen LogP contribution in [-0.4, -0.2) is 31.5 Å². The number of halogens is 2. The van der Waals surface area contributed by atoms with Crippen molar-refractivity contribution in [1.82, 2.24) is 4.90 Å². The van der Waals surface area contributed by atoms with Gasteiger partial charge in [0.2, 0.25) is 0 Å². The number of nitrogens with one attached hydrogen (secondary N) is 1. The van der Waals surface area contributed by atoms with Gasteiger partial charge in [0.25, 0.3) is 5.91 Å². The molecule has 4 rings (SSSR count). The topological polar surface area (TPSA) is 41.6 Å². The Morgan fingerprint density at radius 1 is 1.10 bits per heavy atom. The molecule has 0 fully saturated rings. The van der Waals surface area contributed by atoms with Crippen molar-refractivity contribution < 1.29 is 9.53 Å². The molecule has 0 radical (unpaired) electrons. The summed E-state index contributed by atoms with van der Waals surface area (Å²) in [5.41, 5.74) is 5.53. The van der Waals surface area contributed by atoms with E-state index in [4.69, 9.17) is 16.3 Å². The van der Waals surface area contributed by atoms with E-state index in [1.54, 1.807) is 13.2 Å². The molecule has 0 saturated heterocycles. The molecular formula is C24H24Cl2N2O2. The molecular weight excluding hydrogens is 419 g/mol. The lowest BCUT2D eigenvalue weighted by Crippen LogP contribution is -2.27. The Bertz CT molecular complexity index is 1050. The number of methoxy groups -OCH3 is 1. The van der Waals surface area contributed by atoms with Crippen molar-refractivity contribution in [3.05, 3.63) is 82.4 Å². The number of ether oxygens (including phenoxy) is 1. The van der Waals surface area contributed by atoms with Crippen LogP contribution in [0.1, 0.15) is 21.5 Å². The molecule has 0 unspecified atom stereocenters. The molecule has 1 aliphatic heterocycles. The van der Waals surface area contributed by atoms with Gasteiger partial charge in [0.1, 0.15) is 5.75 Å². The second-order valence-electron chi connectivity index (χ2n) is 7.28. The SMILES string of the molecule is COc1cc(-c2ccccc2)c(Cl)cc1C(=O)Nc1cccc2c1CCN(C)C2.Cl. The van der Waals surface area contributed by atoms with Gasteiger partial charge in [0.15, 0.2) is 0 Å². The Hall–Kier alpha value is -2.53. The normalized spacial score (nSPS) is 13.2. The molecule has 30 heavy (non-hydrogen) atoms. The smallest absolute Gasteiger partial charge is 0.259 e. The van der Waals surface area contributed by atoms with Crippen LogP contribution in [-0.2, 0) is 13.0 Å². The molecule has 0 atom stereocenters. The quantitative estimate of drug-likeness (QED) is 0.564. The highest BCUT2D eigenvalue weighted by Crippen LogP contribution is 2.35. The molecule has 0 bridgehead atoms. The molecule has 0 aromatic heterocycles. The average molecular weight is 443 g/mol. The number of rotatable bonds is 4. The van der Waals surface area contributed by atoms with Crippen molar-refractivity contribution in [1.29, 1.82) is 0 Å². The Labute approximate surface area is 188 Å². The number of hydrogen-bond acceptors (Lipinski definition) is 3. The number of benzene rings is 3. The predicted octanol–water partition coefficient (Wildman–Crippen LogP) is 5.68. The molecule has 3 aromatic rings. The lowest BCUT2D eigenvalue weighted by Gasteiger charge is -2.26. The van der Waals surface area contributed by atoms with Gasteiger partial charge < -0.3 is 15.0 Å². The summed E-state index contributed by atoms with van der Waals surface area (Å²) in [6, 6.07) is 19.4. The van der Waals surface area contributed by atoms with E-state index in [0.29, 0.717) is 16.3 Å². The number of hydrogen-bond donors (Lipinski definition) is 1. The van der Waals surface area contributed by atoms with Gasteiger partial charge >= 0.3 is 0 Å². The number of carbonyl (C=O) groups is 1. The largest absolute Gasteiger partial charge is 0.496 e. The first kappa shape index (κ1) is 22.2. The van der Waals surface area contributed by atoms with Gasteiger partial charge in [-0.1, -0.05) is 54.1 Å². The van der Waals surface area contributed by atoms with Crippen LogP contribution in [0.3, 0.4) is 0 Å². The van der Waals surface area contributed by atoms with Crippen LogP contribution in [0.5, 0.6) is 5.75 Å². The minimum atomic E-state index is -0.226. The molecule has 0 spiro atoms. The van der Waals surface area contributed by atoms with E-state index in [-0.39, 0.29) is 18.3 Å². The zero-order valence-electron chi connectivity index (χ0n) is 16.9. The van der Waals surface area contributed by atoms with E-state index in [2.05, 4.69) is 23.3 Å². The molecule has 1 N–H and O–H groups in total. The zero-order chi connectivity index (χ0) is 20.4. The summed E-state index contributed by atoms with van der Waals surface area (Å²) in [4.78, 5) is 15.4. The minimum absolute atomic E-state index is 0. The van der Waals surface area contributed by atoms with Gasteiger partial charge in [-0.05, 0) is 48.4 Å². The molecule has 156 valence electrons. The minimum Gasteiger partial charge on any atom is -0.496 e. The summed E-state index contributed by atoms with van der Waals surface area (Å²) in [5.74, 6) is 0.269. The van der Waals surface area contributed by atoms with Crippen LogP contribution in [0.2, 0.25) is 5.02 Å². The highest BCUT2D eigenvalue weighted by molar-refractivity contribution is 6.34.